The quantitative estimate of drug-likeness (QED) is 0.445. The number of benzene rings is 2. The van der Waals surface area contributed by atoms with Crippen molar-refractivity contribution in [1.82, 2.24) is 24.7 Å². The summed E-state index contributed by atoms with van der Waals surface area (Å²) in [5.74, 6) is 0.852. The second-order valence-corrected chi connectivity index (χ2v) is 7.47. The number of aryl methyl sites for hydroxylation is 1. The number of nitrogens with one attached hydrogen (secondary N) is 1. The summed E-state index contributed by atoms with van der Waals surface area (Å²) in [6, 6.07) is 15.1. The van der Waals surface area contributed by atoms with E-state index in [1.807, 2.05) is 30.3 Å². The molecule has 0 saturated carbocycles. The number of rotatable bonds is 8. The summed E-state index contributed by atoms with van der Waals surface area (Å²) in [7, 11) is 3.11. The molecule has 0 aliphatic rings. The highest BCUT2D eigenvalue weighted by Gasteiger charge is 2.13. The summed E-state index contributed by atoms with van der Waals surface area (Å²) < 4.78 is 13.1. The van der Waals surface area contributed by atoms with Crippen LogP contribution in [0.25, 0.3) is 16.8 Å². The fourth-order valence-corrected chi connectivity index (χ4v) is 3.49. The molecule has 9 heteroatoms. The number of methoxy groups -OCH3 is 2. The van der Waals surface area contributed by atoms with Gasteiger partial charge in [-0.2, -0.15) is 10.2 Å². The third-order valence-electron chi connectivity index (χ3n) is 5.38. The maximum atomic E-state index is 12.9. The van der Waals surface area contributed by atoms with Crippen LogP contribution in [0.5, 0.6) is 11.5 Å². The van der Waals surface area contributed by atoms with Crippen molar-refractivity contribution in [3.05, 3.63) is 76.3 Å². The summed E-state index contributed by atoms with van der Waals surface area (Å²) in [5, 5.41) is 11.3. The Kier molecular flexibility index (Phi) is 6.39. The molecule has 0 aliphatic carbocycles. The lowest BCUT2D eigenvalue weighted by atomic mass is 10.1. The smallest absolute Gasteiger partial charge is 0.293 e. The zero-order valence-electron chi connectivity index (χ0n) is 18.7. The van der Waals surface area contributed by atoms with Crippen molar-refractivity contribution in [2.24, 2.45) is 0 Å². The fraction of sp³-hybridized carbons (Fsp3) is 0.250. The Morgan fingerprint density at radius 2 is 1.73 bits per heavy atom. The van der Waals surface area contributed by atoms with Crippen molar-refractivity contribution >= 4 is 11.4 Å². The van der Waals surface area contributed by atoms with Crippen LogP contribution in [0.4, 0.5) is 0 Å². The Morgan fingerprint density at radius 1 is 1.00 bits per heavy atom. The zero-order valence-corrected chi connectivity index (χ0v) is 18.7. The third kappa shape index (κ3) is 4.72. The summed E-state index contributed by atoms with van der Waals surface area (Å²) in [6.07, 6.45) is 2.39. The fourth-order valence-electron chi connectivity index (χ4n) is 3.49. The number of nitrogens with zero attached hydrogens (tertiary/aromatic N) is 4. The minimum atomic E-state index is -0.386. The molecule has 4 rings (SSSR count). The molecule has 0 unspecified atom stereocenters. The Balaban J connectivity index is 1.47. The van der Waals surface area contributed by atoms with Gasteiger partial charge in [-0.05, 0) is 35.7 Å². The minimum absolute atomic E-state index is 0.200. The first-order valence-electron chi connectivity index (χ1n) is 10.5. The van der Waals surface area contributed by atoms with Gasteiger partial charge in [-0.3, -0.25) is 9.59 Å². The molecule has 0 aliphatic heterocycles. The first kappa shape index (κ1) is 22.1. The standard InChI is InChI=1S/C24H25N5O4/c1-4-16-5-8-18(9-6-16)19-12-20-24(31)28(26-15-29(20)27-19)14-23(30)25-13-17-7-10-21(32-2)22(11-17)33-3/h5-12,15H,4,13-14H2,1-3H3,(H,25,30). The highest BCUT2D eigenvalue weighted by Crippen LogP contribution is 2.27. The molecule has 1 N–H and O–H groups in total. The van der Waals surface area contributed by atoms with Crippen molar-refractivity contribution in [2.75, 3.05) is 14.2 Å². The van der Waals surface area contributed by atoms with Gasteiger partial charge in [0.2, 0.25) is 5.91 Å². The van der Waals surface area contributed by atoms with Gasteiger partial charge < -0.3 is 14.8 Å². The highest BCUT2D eigenvalue weighted by atomic mass is 16.5. The van der Waals surface area contributed by atoms with Gasteiger partial charge in [0.1, 0.15) is 18.4 Å². The normalized spacial score (nSPS) is 10.9. The molecular formula is C24H25N5O4. The third-order valence-corrected chi connectivity index (χ3v) is 5.38. The van der Waals surface area contributed by atoms with E-state index in [9.17, 15) is 9.59 Å². The summed E-state index contributed by atoms with van der Waals surface area (Å²) in [6.45, 7) is 2.17. The van der Waals surface area contributed by atoms with Crippen LogP contribution in [0.15, 0.2) is 59.7 Å². The molecule has 0 fully saturated rings. The Morgan fingerprint density at radius 3 is 2.42 bits per heavy atom. The Labute approximate surface area is 190 Å². The van der Waals surface area contributed by atoms with Gasteiger partial charge >= 0.3 is 0 Å². The summed E-state index contributed by atoms with van der Waals surface area (Å²) >= 11 is 0. The second kappa shape index (κ2) is 9.56. The van der Waals surface area contributed by atoms with E-state index in [0.29, 0.717) is 22.7 Å². The van der Waals surface area contributed by atoms with Gasteiger partial charge in [0, 0.05) is 12.1 Å². The number of hydrogen-bond acceptors (Lipinski definition) is 6. The van der Waals surface area contributed by atoms with Crippen LogP contribution < -0.4 is 20.3 Å². The molecule has 2 heterocycles. The van der Waals surface area contributed by atoms with Crippen LogP contribution in [-0.4, -0.2) is 39.5 Å². The SMILES string of the molecule is CCc1ccc(-c2cc3c(=O)n(CC(=O)NCc4ccc(OC)c(OC)c4)ncn3n2)cc1. The van der Waals surface area contributed by atoms with Gasteiger partial charge in [-0.25, -0.2) is 9.20 Å². The molecule has 0 saturated heterocycles. The molecule has 0 bridgehead atoms. The molecule has 9 nitrogen and oxygen atoms in total. The van der Waals surface area contributed by atoms with E-state index in [-0.39, 0.29) is 24.6 Å². The Hall–Kier alpha value is -4.14. The first-order valence-corrected chi connectivity index (χ1v) is 10.5. The second-order valence-electron chi connectivity index (χ2n) is 7.47. The lowest BCUT2D eigenvalue weighted by Crippen LogP contribution is -2.34. The molecule has 0 spiro atoms. The maximum Gasteiger partial charge on any atom is 0.293 e. The van der Waals surface area contributed by atoms with Gasteiger partial charge in [-0.15, -0.1) is 0 Å². The topological polar surface area (TPSA) is 99.8 Å². The molecule has 33 heavy (non-hydrogen) atoms. The lowest BCUT2D eigenvalue weighted by Gasteiger charge is -2.10. The van der Waals surface area contributed by atoms with Gasteiger partial charge in [0.05, 0.1) is 19.9 Å². The number of amides is 1. The summed E-state index contributed by atoms with van der Waals surface area (Å²) in [4.78, 5) is 25.3. The van der Waals surface area contributed by atoms with E-state index in [4.69, 9.17) is 9.47 Å². The largest absolute Gasteiger partial charge is 0.493 e. The van der Waals surface area contributed by atoms with Gasteiger partial charge in [0.15, 0.2) is 11.5 Å². The monoisotopic (exact) mass is 447 g/mol. The molecular weight excluding hydrogens is 422 g/mol. The minimum Gasteiger partial charge on any atom is -0.493 e. The number of hydrogen-bond donors (Lipinski definition) is 1. The maximum absolute atomic E-state index is 12.9. The van der Waals surface area contributed by atoms with Crippen LogP contribution in [0.3, 0.4) is 0 Å². The van der Waals surface area contributed by atoms with Crippen molar-refractivity contribution in [3.8, 4) is 22.8 Å². The molecule has 4 aromatic rings. The Bertz CT molecular complexity index is 1340. The van der Waals surface area contributed by atoms with Gasteiger partial charge in [-0.1, -0.05) is 37.3 Å². The molecule has 1 amide bonds. The van der Waals surface area contributed by atoms with Crippen molar-refractivity contribution in [1.29, 1.82) is 0 Å². The van der Waals surface area contributed by atoms with E-state index in [1.54, 1.807) is 32.4 Å². The van der Waals surface area contributed by atoms with Crippen LogP contribution >= 0.6 is 0 Å². The average molecular weight is 447 g/mol. The molecule has 2 aromatic carbocycles. The summed E-state index contributed by atoms with van der Waals surface area (Å²) in [5.41, 5.74) is 3.62. The van der Waals surface area contributed by atoms with E-state index < -0.39 is 0 Å². The molecule has 2 aromatic heterocycles. The molecule has 170 valence electrons. The molecule has 0 radical (unpaired) electrons. The van der Waals surface area contributed by atoms with E-state index >= 15 is 0 Å². The van der Waals surface area contributed by atoms with Crippen molar-refractivity contribution in [2.45, 2.75) is 26.4 Å². The van der Waals surface area contributed by atoms with E-state index in [1.165, 1.54) is 16.4 Å². The van der Waals surface area contributed by atoms with Crippen LogP contribution in [0.1, 0.15) is 18.1 Å². The molecule has 0 atom stereocenters. The van der Waals surface area contributed by atoms with E-state index in [2.05, 4.69) is 22.4 Å². The lowest BCUT2D eigenvalue weighted by molar-refractivity contribution is -0.122. The first-order chi connectivity index (χ1) is 16.0. The number of aromatic nitrogens is 4. The predicted octanol–water partition coefficient (Wildman–Crippen LogP) is 2.45. The average Bonchev–Trinajstić information content (AvgIpc) is 3.29. The van der Waals surface area contributed by atoms with Crippen LogP contribution in [-0.2, 0) is 24.3 Å². The van der Waals surface area contributed by atoms with Crippen molar-refractivity contribution < 1.29 is 14.3 Å². The predicted molar refractivity (Wildman–Crippen MR) is 123 cm³/mol. The van der Waals surface area contributed by atoms with Crippen molar-refractivity contribution in [3.63, 3.8) is 0 Å². The van der Waals surface area contributed by atoms with E-state index in [0.717, 1.165) is 22.2 Å². The van der Waals surface area contributed by atoms with Gasteiger partial charge in [0.25, 0.3) is 5.56 Å². The van der Waals surface area contributed by atoms with Crippen LogP contribution in [0.2, 0.25) is 0 Å². The number of fused-ring (bicyclic) bond motifs is 1. The number of carbonyl (C=O) groups excluding carboxylic acids is 1. The highest BCUT2D eigenvalue weighted by molar-refractivity contribution is 5.75. The number of carbonyl (C=O) groups is 1. The zero-order chi connectivity index (χ0) is 23.4. The van der Waals surface area contributed by atoms with Crippen LogP contribution in [0, 0.1) is 0 Å². The number of ether oxygens (including phenoxy) is 2.